The van der Waals surface area contributed by atoms with E-state index in [1.807, 2.05) is 24.3 Å². The van der Waals surface area contributed by atoms with E-state index < -0.39 is 40.9 Å². The highest BCUT2D eigenvalue weighted by atomic mass is 32.1. The summed E-state index contributed by atoms with van der Waals surface area (Å²) in [6, 6.07) is 10.5. The fraction of sp³-hybridized carbons (Fsp3) is 0.192. The van der Waals surface area contributed by atoms with E-state index in [0.29, 0.717) is 16.1 Å². The summed E-state index contributed by atoms with van der Waals surface area (Å²) in [5.74, 6) is -3.20. The van der Waals surface area contributed by atoms with Gasteiger partial charge in [-0.15, -0.1) is 11.3 Å². The van der Waals surface area contributed by atoms with Gasteiger partial charge in [0.2, 0.25) is 5.43 Å². The average Bonchev–Trinajstić information content (AvgIpc) is 3.35. The predicted molar refractivity (Wildman–Crippen MR) is 131 cm³/mol. The van der Waals surface area contributed by atoms with E-state index in [-0.39, 0.29) is 31.0 Å². The van der Waals surface area contributed by atoms with E-state index in [0.717, 1.165) is 17.2 Å². The molecule has 1 N–H and O–H groups in total. The smallest absolute Gasteiger partial charge is 0.278 e. The number of carbonyl (C=O) groups is 1. The molecule has 2 atom stereocenters. The van der Waals surface area contributed by atoms with Crippen molar-refractivity contribution in [1.82, 2.24) is 14.6 Å². The van der Waals surface area contributed by atoms with E-state index in [1.54, 1.807) is 15.4 Å². The van der Waals surface area contributed by atoms with Gasteiger partial charge in [0.1, 0.15) is 6.17 Å². The van der Waals surface area contributed by atoms with Crippen LogP contribution in [0.5, 0.6) is 5.75 Å². The van der Waals surface area contributed by atoms with Gasteiger partial charge in [0, 0.05) is 24.4 Å². The van der Waals surface area contributed by atoms with Crippen molar-refractivity contribution in [3.8, 4) is 27.4 Å². The van der Waals surface area contributed by atoms with Crippen molar-refractivity contribution < 1.29 is 23.4 Å². The third kappa shape index (κ3) is 2.98. The summed E-state index contributed by atoms with van der Waals surface area (Å²) in [4.78, 5) is 32.5. The topological polar surface area (TPSA) is 87.9 Å². The number of thiazole rings is 1. The Morgan fingerprint density at radius 2 is 1.92 bits per heavy atom. The highest BCUT2D eigenvalue weighted by Gasteiger charge is 2.46. The fourth-order valence-electron chi connectivity index (χ4n) is 5.58. The number of aromatic nitrogens is 2. The van der Waals surface area contributed by atoms with E-state index in [4.69, 9.17) is 4.74 Å². The third-order valence-corrected chi connectivity index (χ3v) is 8.02. The number of hydrogen-bond acceptors (Lipinski definition) is 7. The molecule has 4 aromatic rings. The van der Waals surface area contributed by atoms with Gasteiger partial charge in [-0.25, -0.2) is 13.8 Å². The van der Waals surface area contributed by atoms with Crippen LogP contribution >= 0.6 is 11.3 Å². The Morgan fingerprint density at radius 1 is 1.08 bits per heavy atom. The largest absolute Gasteiger partial charge is 0.502 e. The van der Waals surface area contributed by atoms with Crippen molar-refractivity contribution in [3.63, 3.8) is 0 Å². The molecule has 8 nitrogen and oxygen atoms in total. The number of nitrogens with zero attached hydrogens (tertiary/aromatic N) is 4. The Labute approximate surface area is 212 Å². The van der Waals surface area contributed by atoms with Crippen LogP contribution in [0.25, 0.3) is 21.7 Å². The molecule has 1 fully saturated rings. The quantitative estimate of drug-likeness (QED) is 0.414. The number of amides is 1. The molecule has 4 heterocycles. The second kappa shape index (κ2) is 7.95. The molecule has 2 aromatic heterocycles. The Balaban J connectivity index is 1.59. The van der Waals surface area contributed by atoms with E-state index >= 15 is 4.39 Å². The highest BCUT2D eigenvalue weighted by molar-refractivity contribution is 7.13. The number of benzene rings is 2. The molecule has 37 heavy (non-hydrogen) atoms. The third-order valence-electron chi connectivity index (χ3n) is 7.17. The lowest BCUT2D eigenvalue weighted by atomic mass is 9.92. The van der Waals surface area contributed by atoms with Crippen molar-refractivity contribution >= 4 is 17.2 Å². The van der Waals surface area contributed by atoms with Gasteiger partial charge < -0.3 is 14.7 Å². The lowest BCUT2D eigenvalue weighted by Gasteiger charge is -2.51. The Kier molecular flexibility index (Phi) is 4.76. The molecule has 3 aliphatic rings. The molecule has 0 saturated carbocycles. The number of rotatable bonds is 1. The van der Waals surface area contributed by atoms with Crippen LogP contribution in [0.3, 0.4) is 0 Å². The number of morpholine rings is 1. The average molecular weight is 521 g/mol. The summed E-state index contributed by atoms with van der Waals surface area (Å²) in [5.41, 5.74) is 3.07. The van der Waals surface area contributed by atoms with Crippen LogP contribution in [0.1, 0.15) is 27.7 Å². The van der Waals surface area contributed by atoms with Gasteiger partial charge in [-0.1, -0.05) is 30.3 Å². The van der Waals surface area contributed by atoms with Gasteiger partial charge in [0.15, 0.2) is 23.1 Å². The lowest BCUT2D eigenvalue weighted by molar-refractivity contribution is -0.0196. The number of carbonyl (C=O) groups excluding carboxylic acids is 1. The molecule has 1 aliphatic carbocycles. The number of hydrogen-bond donors (Lipinski definition) is 1. The lowest BCUT2D eigenvalue weighted by Crippen LogP contribution is -2.66. The van der Waals surface area contributed by atoms with E-state index in [1.165, 1.54) is 34.3 Å². The van der Waals surface area contributed by atoms with Crippen LogP contribution in [0, 0.1) is 11.6 Å². The Hall–Kier alpha value is -4.09. The van der Waals surface area contributed by atoms with Gasteiger partial charge in [0.05, 0.1) is 35.3 Å². The maximum atomic E-state index is 15.6. The normalized spacial score (nSPS) is 19.9. The van der Waals surface area contributed by atoms with Gasteiger partial charge in [-0.2, -0.15) is 0 Å². The van der Waals surface area contributed by atoms with Crippen LogP contribution in [-0.2, 0) is 4.74 Å². The summed E-state index contributed by atoms with van der Waals surface area (Å²) < 4.78 is 37.4. The van der Waals surface area contributed by atoms with Crippen LogP contribution in [-0.4, -0.2) is 51.5 Å². The molecule has 2 unspecified atom stereocenters. The summed E-state index contributed by atoms with van der Waals surface area (Å²) >= 11 is 1.33. The zero-order valence-electron chi connectivity index (χ0n) is 19.1. The minimum atomic E-state index is -1.02. The molecular weight excluding hydrogens is 502 g/mol. The van der Waals surface area contributed by atoms with Crippen LogP contribution < -0.4 is 10.4 Å². The number of halogens is 2. The predicted octanol–water partition coefficient (Wildman–Crippen LogP) is 3.48. The molecule has 0 bridgehead atoms. The molecule has 0 spiro atoms. The van der Waals surface area contributed by atoms with Crippen molar-refractivity contribution in [2.75, 3.05) is 24.8 Å². The van der Waals surface area contributed by atoms with E-state index in [2.05, 4.69) is 4.98 Å². The maximum Gasteiger partial charge on any atom is 0.278 e. The molecule has 2 aromatic carbocycles. The SMILES string of the molecule is O=C1c2c(O)c(=O)ccn2N(C2c3ccccc3-c3scnc3-c3c2ccc(F)c3F)C2COCCN12. The Bertz CT molecular complexity index is 1670. The van der Waals surface area contributed by atoms with Crippen molar-refractivity contribution in [2.45, 2.75) is 12.2 Å². The van der Waals surface area contributed by atoms with Crippen molar-refractivity contribution in [2.24, 2.45) is 0 Å². The fourth-order valence-corrected chi connectivity index (χ4v) is 6.42. The summed E-state index contributed by atoms with van der Waals surface area (Å²) in [6.45, 7) is 0.652. The minimum Gasteiger partial charge on any atom is -0.502 e. The molecular formula is C26H18F2N4O4S. The van der Waals surface area contributed by atoms with Crippen molar-refractivity contribution in [1.29, 1.82) is 0 Å². The van der Waals surface area contributed by atoms with Gasteiger partial charge in [-0.3, -0.25) is 19.3 Å². The first-order chi connectivity index (χ1) is 18.0. The minimum absolute atomic E-state index is 0.0319. The van der Waals surface area contributed by atoms with Crippen LogP contribution in [0.4, 0.5) is 8.78 Å². The summed E-state index contributed by atoms with van der Waals surface area (Å²) in [6.07, 6.45) is 0.765. The highest BCUT2D eigenvalue weighted by Crippen LogP contribution is 2.50. The summed E-state index contributed by atoms with van der Waals surface area (Å²) in [5, 5.41) is 12.5. The van der Waals surface area contributed by atoms with Gasteiger partial charge in [0.25, 0.3) is 5.91 Å². The first-order valence-electron chi connectivity index (χ1n) is 11.6. The number of fused-ring (bicyclic) bond motifs is 7. The number of pyridine rings is 1. The zero-order chi connectivity index (χ0) is 25.4. The standard InChI is InChI=1S/C26H18F2N4O4S/c27-16-6-5-15-19(20(16)28)21-25(37-12-29-21)14-4-2-1-3-13(14)22(15)32-18-11-36-10-9-30(18)26(35)23-24(34)17(33)7-8-31(23)32/h1-8,12,18,22,34H,9-11H2. The van der Waals surface area contributed by atoms with E-state index in [9.17, 15) is 19.1 Å². The van der Waals surface area contributed by atoms with Crippen molar-refractivity contribution in [3.05, 3.63) is 92.9 Å². The van der Waals surface area contributed by atoms with Gasteiger partial charge >= 0.3 is 0 Å². The van der Waals surface area contributed by atoms with Gasteiger partial charge in [-0.05, 0) is 22.8 Å². The number of aromatic hydroxyl groups is 1. The molecule has 11 heteroatoms. The molecule has 2 aliphatic heterocycles. The second-order valence-electron chi connectivity index (χ2n) is 9.00. The second-order valence-corrected chi connectivity index (χ2v) is 9.86. The van der Waals surface area contributed by atoms with Crippen LogP contribution in [0.2, 0.25) is 0 Å². The molecule has 0 radical (unpaired) electrons. The summed E-state index contributed by atoms with van der Waals surface area (Å²) in [7, 11) is 0. The molecule has 186 valence electrons. The maximum absolute atomic E-state index is 15.6. The van der Waals surface area contributed by atoms with Crippen LogP contribution in [0.15, 0.2) is 59.0 Å². The molecule has 7 rings (SSSR count). The molecule has 1 amide bonds. The Morgan fingerprint density at radius 3 is 2.78 bits per heavy atom. The zero-order valence-corrected chi connectivity index (χ0v) is 19.9. The first kappa shape index (κ1) is 22.1. The monoisotopic (exact) mass is 520 g/mol. The first-order valence-corrected chi connectivity index (χ1v) is 12.5. The molecule has 1 saturated heterocycles. The number of ether oxygens (including phenoxy) is 1.